The number of ether oxygens (including phenoxy) is 1. The van der Waals surface area contributed by atoms with Crippen molar-refractivity contribution in [2.45, 2.75) is 19.6 Å². The summed E-state index contributed by atoms with van der Waals surface area (Å²) in [5, 5.41) is 9.05. The second-order valence-electron chi connectivity index (χ2n) is 4.47. The fourth-order valence-corrected chi connectivity index (χ4v) is 1.91. The number of aromatic carboxylic acids is 1. The van der Waals surface area contributed by atoms with Gasteiger partial charge in [-0.05, 0) is 30.2 Å². The number of halogens is 1. The van der Waals surface area contributed by atoms with Crippen molar-refractivity contribution >= 4 is 5.97 Å². The summed E-state index contributed by atoms with van der Waals surface area (Å²) >= 11 is 0. The summed E-state index contributed by atoms with van der Waals surface area (Å²) in [6, 6.07) is 13.3. The van der Waals surface area contributed by atoms with E-state index in [0.29, 0.717) is 5.56 Å². The van der Waals surface area contributed by atoms with Gasteiger partial charge in [-0.3, -0.25) is 0 Å². The van der Waals surface area contributed by atoms with E-state index in [1.54, 1.807) is 0 Å². The van der Waals surface area contributed by atoms with Gasteiger partial charge in [-0.15, -0.1) is 0 Å². The van der Waals surface area contributed by atoms with Crippen molar-refractivity contribution < 1.29 is 19.0 Å². The maximum atomic E-state index is 13.1. The van der Waals surface area contributed by atoms with Crippen LogP contribution in [0.25, 0.3) is 0 Å². The molecule has 1 atom stereocenters. The van der Waals surface area contributed by atoms with Crippen LogP contribution in [-0.2, 0) is 11.3 Å². The topological polar surface area (TPSA) is 46.5 Å². The molecule has 0 saturated carbocycles. The number of carboxylic acids is 1. The van der Waals surface area contributed by atoms with E-state index in [-0.39, 0.29) is 18.3 Å². The van der Waals surface area contributed by atoms with Crippen LogP contribution in [-0.4, -0.2) is 11.1 Å². The molecular formula is C16H15FO3. The van der Waals surface area contributed by atoms with Gasteiger partial charge in [-0.25, -0.2) is 9.18 Å². The van der Waals surface area contributed by atoms with E-state index >= 15 is 0 Å². The normalized spacial score (nSPS) is 12.1. The minimum atomic E-state index is -1.16. The summed E-state index contributed by atoms with van der Waals surface area (Å²) in [6.07, 6.45) is -0.164. The zero-order valence-corrected chi connectivity index (χ0v) is 11.0. The van der Waals surface area contributed by atoms with Gasteiger partial charge in [0, 0.05) is 0 Å². The van der Waals surface area contributed by atoms with Gasteiger partial charge in [0.15, 0.2) is 0 Å². The van der Waals surface area contributed by atoms with Crippen molar-refractivity contribution in [2.24, 2.45) is 0 Å². The molecule has 0 radical (unpaired) electrons. The molecule has 4 heteroatoms. The molecule has 20 heavy (non-hydrogen) atoms. The van der Waals surface area contributed by atoms with Gasteiger partial charge < -0.3 is 9.84 Å². The third-order valence-electron chi connectivity index (χ3n) is 3.06. The Labute approximate surface area is 116 Å². The van der Waals surface area contributed by atoms with Gasteiger partial charge in [-0.1, -0.05) is 36.4 Å². The van der Waals surface area contributed by atoms with Gasteiger partial charge in [0.2, 0.25) is 0 Å². The van der Waals surface area contributed by atoms with Crippen LogP contribution < -0.4 is 0 Å². The molecule has 0 aliphatic heterocycles. The molecule has 0 saturated heterocycles. The standard InChI is InChI=1S/C16H15FO3/c1-11(12-5-3-2-4-6-12)20-10-13-7-8-14(17)9-15(13)16(18)19/h2-9,11H,10H2,1H3,(H,18,19). The van der Waals surface area contributed by atoms with Crippen molar-refractivity contribution in [3.63, 3.8) is 0 Å². The summed E-state index contributed by atoms with van der Waals surface area (Å²) in [5.41, 5.74) is 1.40. The molecule has 2 aromatic rings. The SMILES string of the molecule is CC(OCc1ccc(F)cc1C(=O)O)c1ccccc1. The molecule has 0 aliphatic carbocycles. The van der Waals surface area contributed by atoms with E-state index in [4.69, 9.17) is 9.84 Å². The number of hydrogen-bond acceptors (Lipinski definition) is 2. The highest BCUT2D eigenvalue weighted by molar-refractivity contribution is 5.89. The molecule has 0 amide bonds. The minimum absolute atomic E-state index is 0.0646. The molecule has 104 valence electrons. The highest BCUT2D eigenvalue weighted by Gasteiger charge is 2.13. The van der Waals surface area contributed by atoms with E-state index in [2.05, 4.69) is 0 Å². The van der Waals surface area contributed by atoms with Crippen LogP contribution in [0.5, 0.6) is 0 Å². The zero-order valence-electron chi connectivity index (χ0n) is 11.0. The predicted octanol–water partition coefficient (Wildman–Crippen LogP) is 3.80. The van der Waals surface area contributed by atoms with Crippen LogP contribution in [0.15, 0.2) is 48.5 Å². The Morgan fingerprint density at radius 1 is 1.25 bits per heavy atom. The Hall–Kier alpha value is -2.20. The highest BCUT2D eigenvalue weighted by atomic mass is 19.1. The molecule has 2 rings (SSSR count). The first-order chi connectivity index (χ1) is 9.58. The molecule has 0 heterocycles. The van der Waals surface area contributed by atoms with Gasteiger partial charge in [0.05, 0.1) is 18.3 Å². The smallest absolute Gasteiger partial charge is 0.336 e. The Bertz CT molecular complexity index is 596. The zero-order chi connectivity index (χ0) is 14.5. The molecule has 0 aliphatic rings. The van der Waals surface area contributed by atoms with Gasteiger partial charge in [0.1, 0.15) is 5.82 Å². The molecular weight excluding hydrogens is 259 g/mol. The van der Waals surface area contributed by atoms with Crippen molar-refractivity contribution in [1.29, 1.82) is 0 Å². The van der Waals surface area contributed by atoms with Crippen LogP contribution in [0.2, 0.25) is 0 Å². The second kappa shape index (κ2) is 6.30. The van der Waals surface area contributed by atoms with Crippen LogP contribution in [0, 0.1) is 5.82 Å². The monoisotopic (exact) mass is 274 g/mol. The number of hydrogen-bond donors (Lipinski definition) is 1. The first kappa shape index (κ1) is 14.2. The Balaban J connectivity index is 2.09. The first-order valence-corrected chi connectivity index (χ1v) is 6.26. The molecule has 1 N–H and O–H groups in total. The maximum Gasteiger partial charge on any atom is 0.336 e. The van der Waals surface area contributed by atoms with Crippen LogP contribution in [0.3, 0.4) is 0 Å². The summed E-state index contributed by atoms with van der Waals surface area (Å²) in [6.45, 7) is 2.01. The molecule has 0 aromatic heterocycles. The van der Waals surface area contributed by atoms with Crippen molar-refractivity contribution in [3.8, 4) is 0 Å². The lowest BCUT2D eigenvalue weighted by atomic mass is 10.1. The lowest BCUT2D eigenvalue weighted by Gasteiger charge is -2.14. The van der Waals surface area contributed by atoms with E-state index in [9.17, 15) is 9.18 Å². The molecule has 3 nitrogen and oxygen atoms in total. The van der Waals surface area contributed by atoms with Gasteiger partial charge in [0.25, 0.3) is 0 Å². The summed E-state index contributed by atoms with van der Waals surface area (Å²) < 4.78 is 18.7. The lowest BCUT2D eigenvalue weighted by molar-refractivity contribution is 0.0502. The van der Waals surface area contributed by atoms with Crippen molar-refractivity contribution in [1.82, 2.24) is 0 Å². The van der Waals surface area contributed by atoms with Crippen molar-refractivity contribution in [2.75, 3.05) is 0 Å². The lowest BCUT2D eigenvalue weighted by Crippen LogP contribution is -2.07. The van der Waals surface area contributed by atoms with E-state index in [0.717, 1.165) is 11.6 Å². The number of carboxylic acid groups (broad SMARTS) is 1. The van der Waals surface area contributed by atoms with Crippen LogP contribution in [0.1, 0.15) is 34.5 Å². The van der Waals surface area contributed by atoms with Crippen LogP contribution >= 0.6 is 0 Å². The van der Waals surface area contributed by atoms with E-state index in [1.165, 1.54) is 12.1 Å². The molecule has 0 spiro atoms. The molecule has 2 aromatic carbocycles. The largest absolute Gasteiger partial charge is 0.478 e. The van der Waals surface area contributed by atoms with Gasteiger partial charge in [-0.2, -0.15) is 0 Å². The fraction of sp³-hybridized carbons (Fsp3) is 0.188. The van der Waals surface area contributed by atoms with Crippen LogP contribution in [0.4, 0.5) is 4.39 Å². The quantitative estimate of drug-likeness (QED) is 0.902. The second-order valence-corrected chi connectivity index (χ2v) is 4.47. The third-order valence-corrected chi connectivity index (χ3v) is 3.06. The number of rotatable bonds is 5. The predicted molar refractivity (Wildman–Crippen MR) is 73.0 cm³/mol. The third kappa shape index (κ3) is 3.42. The van der Waals surface area contributed by atoms with Crippen molar-refractivity contribution in [3.05, 3.63) is 71.0 Å². The molecule has 0 bridgehead atoms. The number of carbonyl (C=O) groups is 1. The summed E-state index contributed by atoms with van der Waals surface area (Å²) in [7, 11) is 0. The average Bonchev–Trinajstić information content (AvgIpc) is 2.46. The number of benzene rings is 2. The first-order valence-electron chi connectivity index (χ1n) is 6.26. The Morgan fingerprint density at radius 3 is 2.60 bits per heavy atom. The average molecular weight is 274 g/mol. The highest BCUT2D eigenvalue weighted by Crippen LogP contribution is 2.20. The van der Waals surface area contributed by atoms with Gasteiger partial charge >= 0.3 is 5.97 Å². The summed E-state index contributed by atoms with van der Waals surface area (Å²) in [5.74, 6) is -1.72. The van der Waals surface area contributed by atoms with E-state index < -0.39 is 11.8 Å². The molecule has 0 fully saturated rings. The Morgan fingerprint density at radius 2 is 1.95 bits per heavy atom. The van der Waals surface area contributed by atoms with E-state index in [1.807, 2.05) is 37.3 Å². The summed E-state index contributed by atoms with van der Waals surface area (Å²) in [4.78, 5) is 11.1. The Kier molecular flexibility index (Phi) is 4.48. The fourth-order valence-electron chi connectivity index (χ4n) is 1.91. The minimum Gasteiger partial charge on any atom is -0.478 e. The molecule has 1 unspecified atom stereocenters. The maximum absolute atomic E-state index is 13.1.